The molecule has 0 fully saturated rings. The van der Waals surface area contributed by atoms with Crippen LogP contribution in [0.3, 0.4) is 0 Å². The van der Waals surface area contributed by atoms with Gasteiger partial charge < -0.3 is 14.6 Å². The van der Waals surface area contributed by atoms with E-state index >= 15 is 0 Å². The van der Waals surface area contributed by atoms with E-state index in [1.807, 2.05) is 19.5 Å². The Labute approximate surface area is 75.8 Å². The van der Waals surface area contributed by atoms with Crippen LogP contribution in [0.1, 0.15) is 13.8 Å². The second-order valence-electron chi connectivity index (χ2n) is 2.42. The van der Waals surface area contributed by atoms with Crippen LogP contribution in [0.4, 0.5) is 0 Å². The fourth-order valence-electron chi connectivity index (χ4n) is 1.10. The number of hydrogen-bond acceptors (Lipinski definition) is 3. The zero-order valence-corrected chi connectivity index (χ0v) is 9.01. The van der Waals surface area contributed by atoms with E-state index in [0.29, 0.717) is 19.8 Å². The average Bonchev–Trinajstić information content (AvgIpc) is 2.06. The lowest BCUT2D eigenvalue weighted by Gasteiger charge is -2.25. The maximum Gasteiger partial charge on any atom is 0.365 e. The minimum atomic E-state index is -2.13. The second kappa shape index (κ2) is 6.36. The summed E-state index contributed by atoms with van der Waals surface area (Å²) in [6.45, 7) is 9.59. The third-order valence-electron chi connectivity index (χ3n) is 1.58. The van der Waals surface area contributed by atoms with Gasteiger partial charge in [-0.1, -0.05) is 0 Å². The van der Waals surface area contributed by atoms with E-state index < -0.39 is 8.56 Å². The molecule has 0 spiro atoms. The van der Waals surface area contributed by atoms with Crippen LogP contribution in [0, 0.1) is 0 Å². The van der Waals surface area contributed by atoms with Gasteiger partial charge in [0.1, 0.15) is 0 Å². The molecular weight excluding hydrogens is 170 g/mol. The van der Waals surface area contributed by atoms with Crippen molar-refractivity contribution >= 4 is 8.56 Å². The van der Waals surface area contributed by atoms with Crippen LogP contribution in [0.25, 0.3) is 0 Å². The van der Waals surface area contributed by atoms with Gasteiger partial charge in [-0.05, 0) is 26.1 Å². The summed E-state index contributed by atoms with van der Waals surface area (Å²) in [5, 5.41) is 0. The summed E-state index contributed by atoms with van der Waals surface area (Å²) in [6.07, 6.45) is 0. The third-order valence-corrected chi connectivity index (χ3v) is 4.74. The van der Waals surface area contributed by atoms with Crippen LogP contribution in [-0.4, -0.2) is 28.3 Å². The van der Waals surface area contributed by atoms with Gasteiger partial charge in [0.05, 0.1) is 0 Å². The first-order chi connectivity index (χ1) is 5.74. The van der Waals surface area contributed by atoms with Gasteiger partial charge in [0.25, 0.3) is 0 Å². The molecule has 72 valence electrons. The monoisotopic (exact) mass is 189 g/mol. The third kappa shape index (κ3) is 3.49. The molecule has 0 radical (unpaired) electrons. The summed E-state index contributed by atoms with van der Waals surface area (Å²) >= 11 is 0. The van der Waals surface area contributed by atoms with Crippen LogP contribution in [-0.2, 0) is 8.85 Å². The van der Waals surface area contributed by atoms with Crippen LogP contribution in [0.2, 0.25) is 6.04 Å². The van der Waals surface area contributed by atoms with E-state index in [9.17, 15) is 0 Å². The zero-order valence-electron chi connectivity index (χ0n) is 8.01. The Morgan fingerprint density at radius 2 is 1.83 bits per heavy atom. The molecule has 0 rings (SSSR count). The van der Waals surface area contributed by atoms with E-state index in [2.05, 4.69) is 6.58 Å². The number of hydrogen-bond donors (Lipinski definition) is 1. The van der Waals surface area contributed by atoms with E-state index in [-0.39, 0.29) is 0 Å². The molecule has 2 N–H and O–H groups in total. The summed E-state index contributed by atoms with van der Waals surface area (Å²) in [4.78, 5) is 0. The van der Waals surface area contributed by atoms with E-state index in [0.717, 1.165) is 6.04 Å². The van der Waals surface area contributed by atoms with Crippen molar-refractivity contribution in [1.29, 1.82) is 0 Å². The van der Waals surface area contributed by atoms with Crippen LogP contribution >= 0.6 is 0 Å². The first kappa shape index (κ1) is 11.8. The molecule has 0 aromatic carbocycles. The maximum absolute atomic E-state index is 5.58. The lowest BCUT2D eigenvalue weighted by molar-refractivity contribution is 0.195. The highest BCUT2D eigenvalue weighted by Crippen LogP contribution is 2.13. The minimum absolute atomic E-state index is 0.595. The molecule has 0 unspecified atom stereocenters. The van der Waals surface area contributed by atoms with Gasteiger partial charge >= 0.3 is 8.56 Å². The Hall–Kier alpha value is -0.163. The van der Waals surface area contributed by atoms with Crippen LogP contribution in [0.15, 0.2) is 12.3 Å². The summed E-state index contributed by atoms with van der Waals surface area (Å²) in [7, 11) is -2.13. The highest BCUT2D eigenvalue weighted by molar-refractivity contribution is 6.72. The molecule has 0 aliphatic carbocycles. The van der Waals surface area contributed by atoms with Gasteiger partial charge in [-0.25, -0.2) is 0 Å². The molecule has 0 saturated carbocycles. The lowest BCUT2D eigenvalue weighted by atomic mass is 10.8. The van der Waals surface area contributed by atoms with Gasteiger partial charge in [0.2, 0.25) is 0 Å². The molecular formula is C8H19NO2Si. The van der Waals surface area contributed by atoms with E-state index in [1.165, 1.54) is 0 Å². The maximum atomic E-state index is 5.58. The second-order valence-corrected chi connectivity index (χ2v) is 5.53. The molecule has 3 nitrogen and oxygen atoms in total. The summed E-state index contributed by atoms with van der Waals surface area (Å²) in [5.74, 6) is 0. The van der Waals surface area contributed by atoms with E-state index in [1.54, 1.807) is 0 Å². The normalized spacial score (nSPS) is 11.6. The van der Waals surface area contributed by atoms with Crippen LogP contribution in [0.5, 0.6) is 0 Å². The number of rotatable bonds is 7. The van der Waals surface area contributed by atoms with Crippen molar-refractivity contribution in [3.05, 3.63) is 12.3 Å². The van der Waals surface area contributed by atoms with Gasteiger partial charge in [-0.15, -0.1) is 6.58 Å². The molecule has 0 aliphatic rings. The topological polar surface area (TPSA) is 44.5 Å². The quantitative estimate of drug-likeness (QED) is 0.612. The van der Waals surface area contributed by atoms with Gasteiger partial charge in [-0.2, -0.15) is 0 Å². The summed E-state index contributed by atoms with van der Waals surface area (Å²) in [5.41, 5.74) is 7.29. The summed E-state index contributed by atoms with van der Waals surface area (Å²) < 4.78 is 11.2. The Morgan fingerprint density at radius 1 is 1.33 bits per heavy atom. The van der Waals surface area contributed by atoms with Crippen molar-refractivity contribution < 1.29 is 8.85 Å². The Bertz CT molecular complexity index is 113. The highest BCUT2D eigenvalue weighted by Gasteiger charge is 2.32. The minimum Gasteiger partial charge on any atom is -0.392 e. The Morgan fingerprint density at radius 3 is 2.08 bits per heavy atom. The Kier molecular flexibility index (Phi) is 6.28. The van der Waals surface area contributed by atoms with Crippen molar-refractivity contribution in [2.75, 3.05) is 19.8 Å². The Balaban J connectivity index is 4.16. The average molecular weight is 189 g/mol. The van der Waals surface area contributed by atoms with Gasteiger partial charge in [0, 0.05) is 19.3 Å². The van der Waals surface area contributed by atoms with Gasteiger partial charge in [-0.3, -0.25) is 0 Å². The highest BCUT2D eigenvalue weighted by atomic mass is 28.4. The molecule has 0 saturated heterocycles. The standard InChI is InChI=1S/C8H19NO2Si/c1-4-10-12(6-3,8-7-9)11-5-2/h6H,3-5,7-9H2,1-2H3. The van der Waals surface area contributed by atoms with Crippen molar-refractivity contribution in [3.8, 4) is 0 Å². The first-order valence-corrected chi connectivity index (χ1v) is 6.46. The summed E-state index contributed by atoms with van der Waals surface area (Å²) in [6, 6.07) is 0.790. The largest absolute Gasteiger partial charge is 0.392 e. The fourth-order valence-corrected chi connectivity index (χ4v) is 3.29. The molecule has 0 amide bonds. The fraction of sp³-hybridized carbons (Fsp3) is 0.750. The van der Waals surface area contributed by atoms with Crippen molar-refractivity contribution in [3.63, 3.8) is 0 Å². The molecule has 0 bridgehead atoms. The molecule has 0 aromatic heterocycles. The van der Waals surface area contributed by atoms with Crippen LogP contribution < -0.4 is 5.73 Å². The molecule has 0 atom stereocenters. The smallest absolute Gasteiger partial charge is 0.365 e. The number of nitrogens with two attached hydrogens (primary N) is 1. The molecule has 0 heterocycles. The molecule has 0 aromatic rings. The molecule has 4 heteroatoms. The first-order valence-electron chi connectivity index (χ1n) is 4.36. The molecule has 0 aliphatic heterocycles. The van der Waals surface area contributed by atoms with Crippen molar-refractivity contribution in [2.45, 2.75) is 19.9 Å². The van der Waals surface area contributed by atoms with Gasteiger partial charge in [0.15, 0.2) is 0 Å². The van der Waals surface area contributed by atoms with Crippen molar-refractivity contribution in [2.24, 2.45) is 5.73 Å². The van der Waals surface area contributed by atoms with E-state index in [4.69, 9.17) is 14.6 Å². The SMILES string of the molecule is C=C[Si](CCN)(OCC)OCC. The molecule has 12 heavy (non-hydrogen) atoms. The van der Waals surface area contributed by atoms with Crippen molar-refractivity contribution in [1.82, 2.24) is 0 Å². The predicted molar refractivity (Wildman–Crippen MR) is 53.1 cm³/mol. The lowest BCUT2D eigenvalue weighted by Crippen LogP contribution is -2.42. The predicted octanol–water partition coefficient (Wildman–Crippen LogP) is 1.19. The zero-order chi connectivity index (χ0) is 9.45.